The number of aromatic nitrogens is 2. The second-order valence-electron chi connectivity index (χ2n) is 5.73. The number of carbonyl (C=O) groups excluding carboxylic acids is 2. The summed E-state index contributed by atoms with van der Waals surface area (Å²) in [5, 5.41) is 12.7. The molecule has 122 valence electrons. The summed E-state index contributed by atoms with van der Waals surface area (Å²) in [5.74, 6) is 0.450. The van der Waals surface area contributed by atoms with Gasteiger partial charge in [0.25, 0.3) is 0 Å². The Morgan fingerprint density at radius 3 is 2.45 bits per heavy atom. The van der Waals surface area contributed by atoms with Gasteiger partial charge < -0.3 is 10.2 Å². The van der Waals surface area contributed by atoms with Gasteiger partial charge in [0.1, 0.15) is 5.01 Å². The SMILES string of the molecule is CCC(CC)c1nnc(NC(=O)C2CCN(C(C)=O)CC2)s1. The van der Waals surface area contributed by atoms with E-state index in [0.29, 0.717) is 37.0 Å². The summed E-state index contributed by atoms with van der Waals surface area (Å²) in [6.07, 6.45) is 3.48. The first-order chi connectivity index (χ1) is 10.5. The Kier molecular flexibility index (Phi) is 5.88. The Morgan fingerprint density at radius 2 is 1.91 bits per heavy atom. The molecule has 0 spiro atoms. The molecule has 1 N–H and O–H groups in total. The highest BCUT2D eigenvalue weighted by molar-refractivity contribution is 7.15. The van der Waals surface area contributed by atoms with Crippen LogP contribution < -0.4 is 5.32 Å². The Morgan fingerprint density at radius 1 is 1.27 bits per heavy atom. The minimum Gasteiger partial charge on any atom is -0.343 e. The Hall–Kier alpha value is -1.50. The highest BCUT2D eigenvalue weighted by Gasteiger charge is 2.26. The van der Waals surface area contributed by atoms with Crippen molar-refractivity contribution in [2.24, 2.45) is 5.92 Å². The topological polar surface area (TPSA) is 75.2 Å². The number of piperidine rings is 1. The van der Waals surface area contributed by atoms with Crippen molar-refractivity contribution in [3.63, 3.8) is 0 Å². The van der Waals surface area contributed by atoms with Gasteiger partial charge in [0, 0.05) is 31.8 Å². The van der Waals surface area contributed by atoms with Crippen LogP contribution in [0.3, 0.4) is 0 Å². The quantitative estimate of drug-likeness (QED) is 0.903. The molecule has 0 aromatic carbocycles. The fraction of sp³-hybridized carbons (Fsp3) is 0.733. The highest BCUT2D eigenvalue weighted by atomic mass is 32.1. The van der Waals surface area contributed by atoms with Crippen LogP contribution in [0.1, 0.15) is 57.4 Å². The standard InChI is InChI=1S/C15H24N4O2S/c1-4-11(5-2)14-17-18-15(22-14)16-13(21)12-6-8-19(9-7-12)10(3)20/h11-12H,4-9H2,1-3H3,(H,16,18,21). The van der Waals surface area contributed by atoms with E-state index in [4.69, 9.17) is 0 Å². The Labute approximate surface area is 135 Å². The van der Waals surface area contributed by atoms with E-state index in [9.17, 15) is 9.59 Å². The van der Waals surface area contributed by atoms with E-state index >= 15 is 0 Å². The van der Waals surface area contributed by atoms with E-state index in [0.717, 1.165) is 17.8 Å². The molecule has 0 unspecified atom stereocenters. The van der Waals surface area contributed by atoms with Gasteiger partial charge in [-0.1, -0.05) is 25.2 Å². The number of hydrogen-bond donors (Lipinski definition) is 1. The Balaban J connectivity index is 1.89. The average Bonchev–Trinajstić information content (AvgIpc) is 2.97. The zero-order chi connectivity index (χ0) is 16.1. The van der Waals surface area contributed by atoms with Crippen molar-refractivity contribution in [2.45, 2.75) is 52.4 Å². The second kappa shape index (κ2) is 7.67. The molecular formula is C15H24N4O2S. The lowest BCUT2D eigenvalue weighted by Gasteiger charge is -2.30. The molecule has 6 nitrogen and oxygen atoms in total. The summed E-state index contributed by atoms with van der Waals surface area (Å²) in [6.45, 7) is 7.15. The molecule has 0 bridgehead atoms. The highest BCUT2D eigenvalue weighted by Crippen LogP contribution is 2.28. The largest absolute Gasteiger partial charge is 0.343 e. The zero-order valence-electron chi connectivity index (χ0n) is 13.5. The molecule has 1 aliphatic heterocycles. The molecule has 2 rings (SSSR count). The Bertz CT molecular complexity index is 519. The smallest absolute Gasteiger partial charge is 0.229 e. The monoisotopic (exact) mass is 324 g/mol. The third-order valence-corrected chi connectivity index (χ3v) is 5.32. The summed E-state index contributed by atoms with van der Waals surface area (Å²) in [4.78, 5) is 25.4. The van der Waals surface area contributed by atoms with Gasteiger partial charge in [-0.05, 0) is 25.7 Å². The number of likely N-dealkylation sites (tertiary alicyclic amines) is 1. The van der Waals surface area contributed by atoms with E-state index in [1.54, 1.807) is 11.8 Å². The van der Waals surface area contributed by atoms with Crippen LogP contribution in [-0.2, 0) is 9.59 Å². The third kappa shape index (κ3) is 4.03. The fourth-order valence-electron chi connectivity index (χ4n) is 2.75. The van der Waals surface area contributed by atoms with Crippen LogP contribution in [0.15, 0.2) is 0 Å². The molecule has 22 heavy (non-hydrogen) atoms. The number of nitrogens with zero attached hydrogens (tertiary/aromatic N) is 3. The van der Waals surface area contributed by atoms with Crippen molar-refractivity contribution in [3.05, 3.63) is 5.01 Å². The van der Waals surface area contributed by atoms with Gasteiger partial charge in [-0.3, -0.25) is 9.59 Å². The van der Waals surface area contributed by atoms with E-state index < -0.39 is 0 Å². The maximum Gasteiger partial charge on any atom is 0.229 e. The van der Waals surface area contributed by atoms with Gasteiger partial charge in [-0.25, -0.2) is 0 Å². The van der Waals surface area contributed by atoms with E-state index in [-0.39, 0.29) is 17.7 Å². The van der Waals surface area contributed by atoms with Crippen molar-refractivity contribution >= 4 is 28.3 Å². The first-order valence-corrected chi connectivity index (χ1v) is 8.76. The van der Waals surface area contributed by atoms with Gasteiger partial charge in [0.2, 0.25) is 16.9 Å². The molecule has 0 atom stereocenters. The van der Waals surface area contributed by atoms with Crippen molar-refractivity contribution in [2.75, 3.05) is 18.4 Å². The van der Waals surface area contributed by atoms with Gasteiger partial charge in [-0.2, -0.15) is 0 Å². The third-order valence-electron chi connectivity index (χ3n) is 4.32. The summed E-state index contributed by atoms with van der Waals surface area (Å²) in [6, 6.07) is 0. The molecule has 7 heteroatoms. The summed E-state index contributed by atoms with van der Waals surface area (Å²) in [5.41, 5.74) is 0. The van der Waals surface area contributed by atoms with Crippen molar-refractivity contribution in [1.82, 2.24) is 15.1 Å². The maximum atomic E-state index is 12.3. The van der Waals surface area contributed by atoms with E-state index in [2.05, 4.69) is 29.4 Å². The zero-order valence-corrected chi connectivity index (χ0v) is 14.3. The summed E-state index contributed by atoms with van der Waals surface area (Å²) >= 11 is 1.47. The number of amides is 2. The first kappa shape index (κ1) is 16.9. The van der Waals surface area contributed by atoms with Gasteiger partial charge >= 0.3 is 0 Å². The lowest BCUT2D eigenvalue weighted by molar-refractivity contribution is -0.132. The average molecular weight is 324 g/mol. The van der Waals surface area contributed by atoms with Crippen molar-refractivity contribution in [1.29, 1.82) is 0 Å². The van der Waals surface area contributed by atoms with Crippen LogP contribution in [0.5, 0.6) is 0 Å². The fourth-order valence-corrected chi connectivity index (χ4v) is 3.77. The minimum absolute atomic E-state index is 0.00421. The lowest BCUT2D eigenvalue weighted by Crippen LogP contribution is -2.40. The van der Waals surface area contributed by atoms with Crippen LogP contribution in [0.4, 0.5) is 5.13 Å². The van der Waals surface area contributed by atoms with Crippen LogP contribution in [0.2, 0.25) is 0 Å². The molecule has 0 aliphatic carbocycles. The van der Waals surface area contributed by atoms with Crippen molar-refractivity contribution < 1.29 is 9.59 Å². The summed E-state index contributed by atoms with van der Waals surface area (Å²) < 4.78 is 0. The van der Waals surface area contributed by atoms with Crippen LogP contribution in [0, 0.1) is 5.92 Å². The lowest BCUT2D eigenvalue weighted by atomic mass is 9.96. The normalized spacial score (nSPS) is 16.1. The predicted octanol–water partition coefficient (Wildman–Crippen LogP) is 2.64. The molecule has 1 aromatic heterocycles. The van der Waals surface area contributed by atoms with Crippen LogP contribution >= 0.6 is 11.3 Å². The number of anilines is 1. The van der Waals surface area contributed by atoms with Gasteiger partial charge in [0.15, 0.2) is 0 Å². The summed E-state index contributed by atoms with van der Waals surface area (Å²) in [7, 11) is 0. The molecule has 1 saturated heterocycles. The molecule has 1 fully saturated rings. The number of hydrogen-bond acceptors (Lipinski definition) is 5. The molecule has 0 saturated carbocycles. The maximum absolute atomic E-state index is 12.3. The van der Waals surface area contributed by atoms with Crippen LogP contribution in [-0.4, -0.2) is 40.0 Å². The number of rotatable bonds is 5. The molecule has 2 heterocycles. The minimum atomic E-state index is -0.0453. The molecule has 1 aromatic rings. The van der Waals surface area contributed by atoms with Crippen molar-refractivity contribution in [3.8, 4) is 0 Å². The first-order valence-electron chi connectivity index (χ1n) is 7.94. The molecule has 0 radical (unpaired) electrons. The molecule has 2 amide bonds. The van der Waals surface area contributed by atoms with Gasteiger partial charge in [-0.15, -0.1) is 10.2 Å². The van der Waals surface area contributed by atoms with Gasteiger partial charge in [0.05, 0.1) is 0 Å². The molecular weight excluding hydrogens is 300 g/mol. The predicted molar refractivity (Wildman–Crippen MR) is 86.8 cm³/mol. The number of nitrogens with one attached hydrogen (secondary N) is 1. The number of carbonyl (C=O) groups is 2. The van der Waals surface area contributed by atoms with E-state index in [1.165, 1.54) is 11.3 Å². The molecule has 1 aliphatic rings. The second-order valence-corrected chi connectivity index (χ2v) is 6.74. The van der Waals surface area contributed by atoms with E-state index in [1.807, 2.05) is 0 Å². The van der Waals surface area contributed by atoms with Crippen LogP contribution in [0.25, 0.3) is 0 Å².